The van der Waals surface area contributed by atoms with Gasteiger partial charge in [0, 0.05) is 6.61 Å². The first-order chi connectivity index (χ1) is 7.24. The first-order valence-electron chi connectivity index (χ1n) is 4.92. The highest BCUT2D eigenvalue weighted by molar-refractivity contribution is 6.06. The van der Waals surface area contributed by atoms with Crippen molar-refractivity contribution in [1.29, 1.82) is 0 Å². The van der Waals surface area contributed by atoms with Gasteiger partial charge in [-0.15, -0.1) is 0 Å². The lowest BCUT2D eigenvalue weighted by atomic mass is 9.81. The highest BCUT2D eigenvalue weighted by Crippen LogP contribution is 2.44. The van der Waals surface area contributed by atoms with E-state index in [1.165, 1.54) is 6.07 Å². The van der Waals surface area contributed by atoms with Gasteiger partial charge in [0.25, 0.3) is 0 Å². The zero-order valence-corrected chi connectivity index (χ0v) is 8.05. The molecular weight excluding hydrogens is 197 g/mol. The number of ether oxygens (including phenoxy) is 1. The smallest absolute Gasteiger partial charge is 0.237 e. The molecule has 1 aromatic carbocycles. The molecule has 0 saturated carbocycles. The molecule has 78 valence electrons. The number of hydrogen-bond acceptors (Lipinski definition) is 2. The minimum atomic E-state index is -0.641. The monoisotopic (exact) mass is 207 g/mol. The summed E-state index contributed by atoms with van der Waals surface area (Å²) in [6.45, 7) is 0.915. The van der Waals surface area contributed by atoms with E-state index in [9.17, 15) is 9.18 Å². The van der Waals surface area contributed by atoms with Crippen LogP contribution in [0.25, 0.3) is 0 Å². The third-order valence-electron chi connectivity index (χ3n) is 3.22. The standard InChI is InChI=1S/C11H10FNO2/c12-8-3-1-2-7-9(8)13-10(14)11(7)4-5-15-6-11/h1-3H,4-6H2,(H,13,14). The maximum Gasteiger partial charge on any atom is 0.237 e. The van der Waals surface area contributed by atoms with Gasteiger partial charge in [-0.05, 0) is 18.1 Å². The largest absolute Gasteiger partial charge is 0.380 e. The van der Waals surface area contributed by atoms with Crippen molar-refractivity contribution in [3.63, 3.8) is 0 Å². The normalized spacial score (nSPS) is 28.2. The van der Waals surface area contributed by atoms with Crippen molar-refractivity contribution in [3.8, 4) is 0 Å². The van der Waals surface area contributed by atoms with Gasteiger partial charge in [0.05, 0.1) is 12.3 Å². The molecular formula is C11H10FNO2. The molecule has 0 radical (unpaired) electrons. The Morgan fingerprint density at radius 1 is 1.47 bits per heavy atom. The first kappa shape index (κ1) is 8.85. The summed E-state index contributed by atoms with van der Waals surface area (Å²) in [5, 5.41) is 2.60. The SMILES string of the molecule is O=C1Nc2c(F)cccc2C12CCOC2. The van der Waals surface area contributed by atoms with Crippen molar-refractivity contribution in [3.05, 3.63) is 29.6 Å². The Kier molecular flexibility index (Phi) is 1.65. The molecule has 0 aromatic heterocycles. The van der Waals surface area contributed by atoms with Gasteiger partial charge in [0.15, 0.2) is 0 Å². The quantitative estimate of drug-likeness (QED) is 0.699. The Hall–Kier alpha value is -1.42. The van der Waals surface area contributed by atoms with E-state index in [4.69, 9.17) is 4.74 Å². The van der Waals surface area contributed by atoms with Crippen LogP contribution in [0.5, 0.6) is 0 Å². The molecule has 1 amide bonds. The predicted molar refractivity (Wildman–Crippen MR) is 52.1 cm³/mol. The Bertz CT molecular complexity index is 438. The summed E-state index contributed by atoms with van der Waals surface area (Å²) in [7, 11) is 0. The van der Waals surface area contributed by atoms with E-state index in [1.54, 1.807) is 12.1 Å². The fourth-order valence-electron chi connectivity index (χ4n) is 2.36. The molecule has 1 fully saturated rings. The molecule has 2 aliphatic rings. The highest BCUT2D eigenvalue weighted by Gasteiger charge is 2.50. The van der Waals surface area contributed by atoms with Gasteiger partial charge in [-0.2, -0.15) is 0 Å². The van der Waals surface area contributed by atoms with Crippen LogP contribution in [0.3, 0.4) is 0 Å². The Balaban J connectivity index is 2.21. The molecule has 4 heteroatoms. The molecule has 3 nitrogen and oxygen atoms in total. The number of rotatable bonds is 0. The minimum absolute atomic E-state index is 0.139. The van der Waals surface area contributed by atoms with Crippen LogP contribution in [0.1, 0.15) is 12.0 Å². The molecule has 1 saturated heterocycles. The van der Waals surface area contributed by atoms with Crippen molar-refractivity contribution in [2.75, 3.05) is 18.5 Å². The van der Waals surface area contributed by atoms with Crippen LogP contribution in [-0.2, 0) is 14.9 Å². The molecule has 3 rings (SSSR count). The summed E-state index contributed by atoms with van der Waals surface area (Å²) >= 11 is 0. The van der Waals surface area contributed by atoms with Crippen molar-refractivity contribution in [1.82, 2.24) is 0 Å². The van der Waals surface area contributed by atoms with Crippen molar-refractivity contribution >= 4 is 11.6 Å². The molecule has 2 heterocycles. The van der Waals surface area contributed by atoms with Crippen LogP contribution in [-0.4, -0.2) is 19.1 Å². The second-order valence-corrected chi connectivity index (χ2v) is 4.00. The van der Waals surface area contributed by atoms with Crippen LogP contribution < -0.4 is 5.32 Å². The Labute approximate surface area is 86.2 Å². The van der Waals surface area contributed by atoms with E-state index in [0.717, 1.165) is 5.56 Å². The number of carbonyl (C=O) groups excluding carboxylic acids is 1. The molecule has 1 spiro atoms. The van der Waals surface area contributed by atoms with E-state index < -0.39 is 5.41 Å². The van der Waals surface area contributed by atoms with Gasteiger partial charge in [-0.1, -0.05) is 12.1 Å². The molecule has 0 aliphatic carbocycles. The van der Waals surface area contributed by atoms with Crippen molar-refractivity contribution in [2.45, 2.75) is 11.8 Å². The van der Waals surface area contributed by atoms with E-state index in [-0.39, 0.29) is 11.7 Å². The number of fused-ring (bicyclic) bond motifs is 2. The molecule has 1 aromatic rings. The van der Waals surface area contributed by atoms with Crippen LogP contribution in [0.2, 0.25) is 0 Å². The number of amides is 1. The van der Waals surface area contributed by atoms with Crippen LogP contribution in [0.4, 0.5) is 10.1 Å². The molecule has 1 unspecified atom stereocenters. The summed E-state index contributed by atoms with van der Waals surface area (Å²) in [6, 6.07) is 4.79. The topological polar surface area (TPSA) is 38.3 Å². The number of hydrogen-bond donors (Lipinski definition) is 1. The van der Waals surface area contributed by atoms with Crippen LogP contribution in [0.15, 0.2) is 18.2 Å². The van der Waals surface area contributed by atoms with Gasteiger partial charge in [0.1, 0.15) is 11.2 Å². The van der Waals surface area contributed by atoms with Gasteiger partial charge >= 0.3 is 0 Å². The number of benzene rings is 1. The second-order valence-electron chi connectivity index (χ2n) is 4.00. The van der Waals surface area contributed by atoms with E-state index in [2.05, 4.69) is 5.32 Å². The maximum atomic E-state index is 13.4. The lowest BCUT2D eigenvalue weighted by molar-refractivity contribution is -0.120. The average molecular weight is 207 g/mol. The van der Waals surface area contributed by atoms with Crippen molar-refractivity contribution < 1.29 is 13.9 Å². The number of carbonyl (C=O) groups is 1. The summed E-state index contributed by atoms with van der Waals surface area (Å²) < 4.78 is 18.7. The average Bonchev–Trinajstić information content (AvgIpc) is 2.79. The Morgan fingerprint density at radius 3 is 3.07 bits per heavy atom. The van der Waals surface area contributed by atoms with E-state index in [0.29, 0.717) is 25.3 Å². The fourth-order valence-corrected chi connectivity index (χ4v) is 2.36. The summed E-state index contributed by atoms with van der Waals surface area (Å²) in [6.07, 6.45) is 0.634. The lowest BCUT2D eigenvalue weighted by Gasteiger charge is -2.18. The number of nitrogens with one attached hydrogen (secondary N) is 1. The van der Waals surface area contributed by atoms with E-state index in [1.807, 2.05) is 0 Å². The summed E-state index contributed by atoms with van der Waals surface area (Å²) in [5.41, 5.74) is 0.426. The first-order valence-corrected chi connectivity index (χ1v) is 4.92. The summed E-state index contributed by atoms with van der Waals surface area (Å²) in [4.78, 5) is 11.8. The Morgan fingerprint density at radius 2 is 2.33 bits per heavy atom. The molecule has 0 bridgehead atoms. The third kappa shape index (κ3) is 0.997. The summed E-state index contributed by atoms with van der Waals surface area (Å²) in [5.74, 6) is -0.510. The molecule has 1 atom stereocenters. The molecule has 15 heavy (non-hydrogen) atoms. The highest BCUT2D eigenvalue weighted by atomic mass is 19.1. The number of anilines is 1. The number of halogens is 1. The zero-order valence-electron chi connectivity index (χ0n) is 8.05. The molecule has 2 aliphatic heterocycles. The van der Waals surface area contributed by atoms with Gasteiger partial charge in [-0.3, -0.25) is 4.79 Å². The minimum Gasteiger partial charge on any atom is -0.380 e. The second kappa shape index (κ2) is 2.79. The predicted octanol–water partition coefficient (Wildman–Crippen LogP) is 1.44. The van der Waals surface area contributed by atoms with Crippen LogP contribution >= 0.6 is 0 Å². The fraction of sp³-hybridized carbons (Fsp3) is 0.364. The molecule has 1 N–H and O–H groups in total. The van der Waals surface area contributed by atoms with Gasteiger partial charge in [0.2, 0.25) is 5.91 Å². The number of para-hydroxylation sites is 1. The van der Waals surface area contributed by atoms with Crippen LogP contribution in [0, 0.1) is 5.82 Å². The zero-order chi connectivity index (χ0) is 10.5. The van der Waals surface area contributed by atoms with Gasteiger partial charge < -0.3 is 10.1 Å². The van der Waals surface area contributed by atoms with Gasteiger partial charge in [-0.25, -0.2) is 4.39 Å². The lowest BCUT2D eigenvalue weighted by Crippen LogP contribution is -2.34. The third-order valence-corrected chi connectivity index (χ3v) is 3.22. The maximum absolute atomic E-state index is 13.4. The van der Waals surface area contributed by atoms with E-state index >= 15 is 0 Å². The van der Waals surface area contributed by atoms with Crippen molar-refractivity contribution in [2.24, 2.45) is 0 Å².